The Morgan fingerprint density at radius 2 is 2.04 bits per heavy atom. The van der Waals surface area contributed by atoms with Crippen LogP contribution in [0.5, 0.6) is 0 Å². The molecule has 2 aromatic rings. The normalized spacial score (nSPS) is 19.9. The van der Waals surface area contributed by atoms with Crippen molar-refractivity contribution in [2.75, 3.05) is 25.1 Å². The van der Waals surface area contributed by atoms with Gasteiger partial charge in [0.2, 0.25) is 0 Å². The first kappa shape index (κ1) is 15.9. The number of nitrogens with zero attached hydrogens (tertiary/aromatic N) is 2. The Bertz CT molecular complexity index is 711. The Balaban J connectivity index is 1.55. The highest BCUT2D eigenvalue weighted by molar-refractivity contribution is 6.30. The number of rotatable bonds is 5. The van der Waals surface area contributed by atoms with E-state index < -0.39 is 0 Å². The van der Waals surface area contributed by atoms with Crippen LogP contribution in [0.25, 0.3) is 0 Å². The molecular formula is C19H22ClN3O. The van der Waals surface area contributed by atoms with Gasteiger partial charge in [-0.1, -0.05) is 23.7 Å². The van der Waals surface area contributed by atoms with Crippen LogP contribution in [0, 0.1) is 0 Å². The molecule has 5 heteroatoms. The van der Waals surface area contributed by atoms with Gasteiger partial charge in [0.15, 0.2) is 0 Å². The molecule has 1 saturated heterocycles. The third-order valence-electron chi connectivity index (χ3n) is 5.11. The first-order chi connectivity index (χ1) is 11.8. The first-order valence-electron chi connectivity index (χ1n) is 8.66. The minimum Gasteiger partial charge on any atom is -0.381 e. The van der Waals surface area contributed by atoms with Crippen LogP contribution in [0.2, 0.25) is 5.02 Å². The Kier molecular flexibility index (Phi) is 4.42. The summed E-state index contributed by atoms with van der Waals surface area (Å²) in [7, 11) is 0. The van der Waals surface area contributed by atoms with Crippen LogP contribution in [-0.4, -0.2) is 29.7 Å². The molecule has 0 amide bonds. The molecule has 2 heterocycles. The summed E-state index contributed by atoms with van der Waals surface area (Å²) in [6.45, 7) is 2.40. The zero-order chi connectivity index (χ0) is 16.4. The van der Waals surface area contributed by atoms with Crippen molar-refractivity contribution in [3.05, 3.63) is 52.9 Å². The van der Waals surface area contributed by atoms with Gasteiger partial charge in [-0.15, -0.1) is 0 Å². The van der Waals surface area contributed by atoms with E-state index in [2.05, 4.69) is 27.4 Å². The summed E-state index contributed by atoms with van der Waals surface area (Å²) in [6, 6.07) is 10.2. The maximum absolute atomic E-state index is 6.23. The number of aromatic nitrogens is 2. The minimum absolute atomic E-state index is 0.0356. The summed E-state index contributed by atoms with van der Waals surface area (Å²) >= 11 is 6.23. The van der Waals surface area contributed by atoms with Crippen molar-refractivity contribution in [2.45, 2.75) is 37.0 Å². The predicted molar refractivity (Wildman–Crippen MR) is 95.7 cm³/mol. The second-order valence-corrected chi connectivity index (χ2v) is 7.27. The van der Waals surface area contributed by atoms with Crippen LogP contribution in [0.1, 0.15) is 43.0 Å². The summed E-state index contributed by atoms with van der Waals surface area (Å²) < 4.78 is 5.60. The number of anilines is 1. The van der Waals surface area contributed by atoms with Gasteiger partial charge in [0.25, 0.3) is 0 Å². The molecule has 2 aliphatic rings. The number of ether oxygens (including phenoxy) is 1. The van der Waals surface area contributed by atoms with Crippen LogP contribution >= 0.6 is 11.6 Å². The van der Waals surface area contributed by atoms with Crippen LogP contribution in [0.15, 0.2) is 36.5 Å². The topological polar surface area (TPSA) is 47.0 Å². The van der Waals surface area contributed by atoms with Crippen LogP contribution in [0.3, 0.4) is 0 Å². The number of hydrogen-bond donors (Lipinski definition) is 1. The molecule has 1 aliphatic carbocycles. The number of nitrogens with one attached hydrogen (secondary N) is 1. The lowest BCUT2D eigenvalue weighted by molar-refractivity contribution is 0.0543. The molecule has 1 saturated carbocycles. The fourth-order valence-corrected chi connectivity index (χ4v) is 3.61. The van der Waals surface area contributed by atoms with Crippen molar-refractivity contribution in [3.63, 3.8) is 0 Å². The third kappa shape index (κ3) is 3.40. The van der Waals surface area contributed by atoms with Gasteiger partial charge in [-0.05, 0) is 49.4 Å². The highest BCUT2D eigenvalue weighted by atomic mass is 35.5. The van der Waals surface area contributed by atoms with E-state index in [1.165, 1.54) is 18.4 Å². The van der Waals surface area contributed by atoms with Crippen molar-refractivity contribution in [1.82, 2.24) is 9.97 Å². The highest BCUT2D eigenvalue weighted by Gasteiger charge is 2.35. The Morgan fingerprint density at radius 1 is 1.21 bits per heavy atom. The van der Waals surface area contributed by atoms with Crippen LogP contribution in [0.4, 0.5) is 5.82 Å². The maximum atomic E-state index is 6.23. The van der Waals surface area contributed by atoms with Gasteiger partial charge in [-0.25, -0.2) is 9.97 Å². The molecule has 1 aromatic carbocycles. The summed E-state index contributed by atoms with van der Waals surface area (Å²) in [6.07, 6.45) is 6.27. The Hall–Kier alpha value is -1.65. The lowest BCUT2D eigenvalue weighted by Crippen LogP contribution is -2.40. The second-order valence-electron chi connectivity index (χ2n) is 6.83. The van der Waals surface area contributed by atoms with Crippen molar-refractivity contribution in [1.29, 1.82) is 0 Å². The summed E-state index contributed by atoms with van der Waals surface area (Å²) in [5.74, 6) is 2.46. The van der Waals surface area contributed by atoms with E-state index in [9.17, 15) is 0 Å². The zero-order valence-electron chi connectivity index (χ0n) is 13.7. The van der Waals surface area contributed by atoms with E-state index in [0.29, 0.717) is 5.92 Å². The molecule has 0 bridgehead atoms. The van der Waals surface area contributed by atoms with Gasteiger partial charge in [-0.2, -0.15) is 0 Å². The molecule has 0 radical (unpaired) electrons. The lowest BCUT2D eigenvalue weighted by Gasteiger charge is -2.38. The largest absolute Gasteiger partial charge is 0.381 e. The third-order valence-corrected chi connectivity index (χ3v) is 5.35. The first-order valence-corrected chi connectivity index (χ1v) is 9.04. The Labute approximate surface area is 147 Å². The molecule has 1 N–H and O–H groups in total. The van der Waals surface area contributed by atoms with E-state index in [1.807, 2.05) is 24.4 Å². The van der Waals surface area contributed by atoms with Crippen LogP contribution < -0.4 is 5.32 Å². The molecule has 1 aromatic heterocycles. The maximum Gasteiger partial charge on any atom is 0.133 e. The smallest absolute Gasteiger partial charge is 0.133 e. The van der Waals surface area contributed by atoms with Gasteiger partial charge < -0.3 is 10.1 Å². The second kappa shape index (κ2) is 6.69. The summed E-state index contributed by atoms with van der Waals surface area (Å²) in [5.41, 5.74) is 1.32. The number of hydrogen-bond acceptors (Lipinski definition) is 4. The molecule has 1 aliphatic heterocycles. The molecule has 0 spiro atoms. The fourth-order valence-electron chi connectivity index (χ4n) is 3.42. The van der Waals surface area contributed by atoms with E-state index >= 15 is 0 Å². The van der Waals surface area contributed by atoms with Crippen molar-refractivity contribution in [3.8, 4) is 0 Å². The van der Waals surface area contributed by atoms with E-state index in [1.54, 1.807) is 0 Å². The molecule has 24 heavy (non-hydrogen) atoms. The minimum atomic E-state index is 0.0356. The van der Waals surface area contributed by atoms with Crippen molar-refractivity contribution in [2.24, 2.45) is 0 Å². The summed E-state index contributed by atoms with van der Waals surface area (Å²) in [4.78, 5) is 9.08. The van der Waals surface area contributed by atoms with Gasteiger partial charge in [0, 0.05) is 42.3 Å². The molecule has 126 valence electrons. The van der Waals surface area contributed by atoms with E-state index in [0.717, 1.165) is 49.3 Å². The molecule has 4 rings (SSSR count). The Morgan fingerprint density at radius 3 is 2.79 bits per heavy atom. The highest BCUT2D eigenvalue weighted by Crippen LogP contribution is 2.39. The van der Waals surface area contributed by atoms with E-state index in [-0.39, 0.29) is 5.41 Å². The zero-order valence-corrected chi connectivity index (χ0v) is 14.4. The quantitative estimate of drug-likeness (QED) is 0.885. The fraction of sp³-hybridized carbons (Fsp3) is 0.474. The van der Waals surface area contributed by atoms with Gasteiger partial charge >= 0.3 is 0 Å². The number of benzene rings is 1. The monoisotopic (exact) mass is 343 g/mol. The standard InChI is InChI=1S/C19H22ClN3O/c20-16-3-1-2-15(12-16)19(7-10-24-11-8-19)13-22-17-6-9-21-18(23-17)14-4-5-14/h1-3,6,9,12,14H,4-5,7-8,10-11,13H2,(H,21,22,23). The molecular weight excluding hydrogens is 322 g/mol. The van der Waals surface area contributed by atoms with Crippen molar-refractivity contribution >= 4 is 17.4 Å². The van der Waals surface area contributed by atoms with Crippen molar-refractivity contribution < 1.29 is 4.74 Å². The lowest BCUT2D eigenvalue weighted by atomic mass is 9.74. The average molecular weight is 344 g/mol. The molecule has 0 atom stereocenters. The molecule has 0 unspecified atom stereocenters. The van der Waals surface area contributed by atoms with Gasteiger partial charge in [0.1, 0.15) is 11.6 Å². The number of halogens is 1. The van der Waals surface area contributed by atoms with E-state index in [4.69, 9.17) is 16.3 Å². The SMILES string of the molecule is Clc1cccc(C2(CNc3ccnc(C4CC4)n3)CCOCC2)c1. The van der Waals surface area contributed by atoms with Crippen LogP contribution in [-0.2, 0) is 10.2 Å². The molecule has 2 fully saturated rings. The van der Waals surface area contributed by atoms with Gasteiger partial charge in [0.05, 0.1) is 0 Å². The van der Waals surface area contributed by atoms with Gasteiger partial charge in [-0.3, -0.25) is 0 Å². The average Bonchev–Trinajstić information content (AvgIpc) is 3.46. The predicted octanol–water partition coefficient (Wildman–Crippen LogP) is 4.17. The summed E-state index contributed by atoms with van der Waals surface area (Å²) in [5, 5.41) is 4.33. The molecule has 4 nitrogen and oxygen atoms in total.